The fourth-order valence-electron chi connectivity index (χ4n) is 3.40. The van der Waals surface area contributed by atoms with Crippen molar-refractivity contribution in [1.82, 2.24) is 19.6 Å². The number of carboxylic acid groups (broad SMARTS) is 2. The smallest absolute Gasteiger partial charge is 0.320 e. The van der Waals surface area contributed by atoms with Crippen molar-refractivity contribution < 1.29 is 38.9 Å². The molecule has 0 bridgehead atoms. The first kappa shape index (κ1) is 28.8. The zero-order valence-electron chi connectivity index (χ0n) is 20.1. The number of nitrogens with zero attached hydrogens (tertiary/aromatic N) is 4. The van der Waals surface area contributed by atoms with Gasteiger partial charge in [-0.15, -0.1) is 0 Å². The van der Waals surface area contributed by atoms with Crippen LogP contribution < -0.4 is 0 Å². The molecule has 0 atom stereocenters. The Kier molecular flexibility index (Phi) is 12.3. The molecule has 0 aliphatic carbocycles. The number of hydrogen-bond donors (Lipinski definition) is 2. The summed E-state index contributed by atoms with van der Waals surface area (Å²) in [5.41, 5.74) is -0.628. The molecule has 0 aromatic rings. The number of ether oxygens (including phenoxy) is 2. The van der Waals surface area contributed by atoms with E-state index < -0.39 is 29.5 Å². The van der Waals surface area contributed by atoms with Gasteiger partial charge in [-0.2, -0.15) is 0 Å². The summed E-state index contributed by atoms with van der Waals surface area (Å²) in [5.74, 6) is -2.74. The number of aliphatic carboxylic acids is 2. The Bertz CT molecular complexity index is 635. The van der Waals surface area contributed by atoms with Gasteiger partial charge in [0, 0.05) is 52.4 Å². The minimum Gasteiger partial charge on any atom is -0.480 e. The molecule has 190 valence electrons. The second-order valence-corrected chi connectivity index (χ2v) is 9.05. The summed E-state index contributed by atoms with van der Waals surface area (Å²) in [6, 6.07) is 0. The van der Waals surface area contributed by atoms with Crippen LogP contribution in [-0.2, 0) is 28.7 Å². The summed E-state index contributed by atoms with van der Waals surface area (Å²) >= 11 is 0. The fraction of sp³-hybridized carbons (Fsp3) is 0.810. The molecule has 0 saturated carbocycles. The third kappa shape index (κ3) is 13.8. The molecule has 2 N–H and O–H groups in total. The number of hydrogen-bond acceptors (Lipinski definition) is 10. The lowest BCUT2D eigenvalue weighted by Gasteiger charge is -2.33. The maximum atomic E-state index is 12.4. The van der Waals surface area contributed by atoms with E-state index in [0.29, 0.717) is 52.4 Å². The van der Waals surface area contributed by atoms with Crippen molar-refractivity contribution in [3.63, 3.8) is 0 Å². The van der Waals surface area contributed by atoms with Gasteiger partial charge < -0.3 is 19.7 Å². The van der Waals surface area contributed by atoms with Crippen molar-refractivity contribution in [1.29, 1.82) is 0 Å². The van der Waals surface area contributed by atoms with E-state index >= 15 is 0 Å². The molecule has 12 heteroatoms. The van der Waals surface area contributed by atoms with Gasteiger partial charge in [0.1, 0.15) is 5.60 Å². The Hall–Kier alpha value is -2.28. The topological polar surface area (TPSA) is 140 Å². The third-order valence-electron chi connectivity index (χ3n) is 5.00. The quantitative estimate of drug-likeness (QED) is 0.412. The lowest BCUT2D eigenvalue weighted by Crippen LogP contribution is -2.49. The zero-order valence-corrected chi connectivity index (χ0v) is 20.1. The highest BCUT2D eigenvalue weighted by Gasteiger charge is 2.23. The first-order valence-corrected chi connectivity index (χ1v) is 11.0. The third-order valence-corrected chi connectivity index (χ3v) is 5.00. The standard InChI is InChI=1S/C21H38N4O8/c1-21(2,3)33-20(31)16-25-11-7-22(13-17(26)27)5-9-24(15-19(30)32-4)10-6-23(8-12-25)14-18(28)29/h5-16H2,1-4H3,(H,26,27)(H,28,29). The molecule has 0 unspecified atom stereocenters. The van der Waals surface area contributed by atoms with Crippen molar-refractivity contribution >= 4 is 23.9 Å². The van der Waals surface area contributed by atoms with Crippen LogP contribution in [0.2, 0.25) is 0 Å². The lowest BCUT2D eigenvalue weighted by molar-refractivity contribution is -0.156. The SMILES string of the molecule is COC(=O)CN1CCN(CC(=O)O)CCN(CC(=O)OC(C)(C)C)CCN(CC(=O)O)CC1. The molecule has 1 aliphatic rings. The van der Waals surface area contributed by atoms with E-state index in [1.54, 1.807) is 30.6 Å². The van der Waals surface area contributed by atoms with Gasteiger partial charge in [-0.3, -0.25) is 38.8 Å². The van der Waals surface area contributed by atoms with Gasteiger partial charge in [0.05, 0.1) is 33.3 Å². The molecule has 33 heavy (non-hydrogen) atoms. The van der Waals surface area contributed by atoms with Crippen molar-refractivity contribution in [3.8, 4) is 0 Å². The summed E-state index contributed by atoms with van der Waals surface area (Å²) in [7, 11) is 1.30. The lowest BCUT2D eigenvalue weighted by atomic mass is 10.2. The van der Waals surface area contributed by atoms with Crippen molar-refractivity contribution in [3.05, 3.63) is 0 Å². The normalized spacial score (nSPS) is 18.7. The van der Waals surface area contributed by atoms with Crippen LogP contribution in [0.1, 0.15) is 20.8 Å². The molecule has 1 saturated heterocycles. The first-order valence-electron chi connectivity index (χ1n) is 11.0. The van der Waals surface area contributed by atoms with Crippen LogP contribution in [0.3, 0.4) is 0 Å². The molecular formula is C21H38N4O8. The van der Waals surface area contributed by atoms with Gasteiger partial charge in [-0.25, -0.2) is 0 Å². The van der Waals surface area contributed by atoms with Gasteiger partial charge >= 0.3 is 23.9 Å². The van der Waals surface area contributed by atoms with Crippen LogP contribution >= 0.6 is 0 Å². The van der Waals surface area contributed by atoms with Crippen LogP contribution in [0.15, 0.2) is 0 Å². The molecule has 0 amide bonds. The second kappa shape index (κ2) is 14.1. The van der Waals surface area contributed by atoms with Gasteiger partial charge in [0.15, 0.2) is 0 Å². The van der Waals surface area contributed by atoms with E-state index in [1.165, 1.54) is 7.11 Å². The van der Waals surface area contributed by atoms with Crippen LogP contribution in [0, 0.1) is 0 Å². The number of carboxylic acids is 2. The van der Waals surface area contributed by atoms with E-state index in [1.807, 2.05) is 9.80 Å². The Morgan fingerprint density at radius 3 is 1.21 bits per heavy atom. The molecule has 0 spiro atoms. The highest BCUT2D eigenvalue weighted by Crippen LogP contribution is 2.08. The molecule has 0 aromatic heterocycles. The first-order chi connectivity index (χ1) is 15.4. The predicted octanol–water partition coefficient (Wildman–Crippen LogP) is -1.11. The monoisotopic (exact) mass is 474 g/mol. The van der Waals surface area contributed by atoms with Crippen LogP contribution in [0.4, 0.5) is 0 Å². The Labute approximate surface area is 195 Å². The molecule has 12 nitrogen and oxygen atoms in total. The number of esters is 2. The minimum atomic E-state index is -0.965. The summed E-state index contributed by atoms with van der Waals surface area (Å²) in [5, 5.41) is 18.6. The number of methoxy groups -OCH3 is 1. The molecule has 1 aliphatic heterocycles. The van der Waals surface area contributed by atoms with Gasteiger partial charge in [0.25, 0.3) is 0 Å². The van der Waals surface area contributed by atoms with Gasteiger partial charge in [0.2, 0.25) is 0 Å². The summed E-state index contributed by atoms with van der Waals surface area (Å²) in [4.78, 5) is 54.0. The molecule has 1 fully saturated rings. The number of carbonyl (C=O) groups excluding carboxylic acids is 2. The highest BCUT2D eigenvalue weighted by atomic mass is 16.6. The van der Waals surface area contributed by atoms with Crippen LogP contribution in [0.5, 0.6) is 0 Å². The Balaban J connectivity index is 2.98. The average Bonchev–Trinajstić information content (AvgIpc) is 2.67. The van der Waals surface area contributed by atoms with Crippen LogP contribution in [0.25, 0.3) is 0 Å². The summed E-state index contributed by atoms with van der Waals surface area (Å²) < 4.78 is 10.2. The Morgan fingerprint density at radius 1 is 0.636 bits per heavy atom. The molecule has 1 heterocycles. The number of rotatable bonds is 8. The Morgan fingerprint density at radius 2 is 0.939 bits per heavy atom. The van der Waals surface area contributed by atoms with E-state index in [4.69, 9.17) is 9.47 Å². The average molecular weight is 475 g/mol. The van der Waals surface area contributed by atoms with Crippen molar-refractivity contribution in [2.45, 2.75) is 26.4 Å². The van der Waals surface area contributed by atoms with Crippen LogP contribution in [-0.4, -0.2) is 145 Å². The second-order valence-electron chi connectivity index (χ2n) is 9.05. The molecule has 0 aromatic carbocycles. The molecular weight excluding hydrogens is 436 g/mol. The van der Waals surface area contributed by atoms with Crippen molar-refractivity contribution in [2.24, 2.45) is 0 Å². The summed E-state index contributed by atoms with van der Waals surface area (Å²) in [6.07, 6.45) is 0. The largest absolute Gasteiger partial charge is 0.480 e. The van der Waals surface area contributed by atoms with Gasteiger partial charge in [-0.1, -0.05) is 0 Å². The van der Waals surface area contributed by atoms with E-state index in [2.05, 4.69) is 0 Å². The number of carbonyl (C=O) groups is 4. The van der Waals surface area contributed by atoms with E-state index in [9.17, 15) is 29.4 Å². The molecule has 1 rings (SSSR count). The molecule has 0 radical (unpaired) electrons. The van der Waals surface area contributed by atoms with E-state index in [-0.39, 0.29) is 26.2 Å². The maximum absolute atomic E-state index is 12.4. The zero-order chi connectivity index (χ0) is 25.0. The highest BCUT2D eigenvalue weighted by molar-refractivity contribution is 5.72. The fourth-order valence-corrected chi connectivity index (χ4v) is 3.40. The minimum absolute atomic E-state index is 0.0214. The summed E-state index contributed by atoms with van der Waals surface area (Å²) in [6.45, 7) is 8.26. The van der Waals surface area contributed by atoms with Gasteiger partial charge in [-0.05, 0) is 20.8 Å². The maximum Gasteiger partial charge on any atom is 0.320 e. The van der Waals surface area contributed by atoms with E-state index in [0.717, 1.165) is 0 Å². The van der Waals surface area contributed by atoms with Crippen molar-refractivity contribution in [2.75, 3.05) is 85.6 Å². The predicted molar refractivity (Wildman–Crippen MR) is 119 cm³/mol.